The molecule has 0 heterocycles. The Morgan fingerprint density at radius 2 is 1.42 bits per heavy atom. The number of carbonyl (C=O) groups excluding carboxylic acids is 1. The quantitative estimate of drug-likeness (QED) is 0.373. The molecule has 0 radical (unpaired) electrons. The molecule has 0 spiro atoms. The lowest BCUT2D eigenvalue weighted by Gasteiger charge is -2.15. The molecule has 0 saturated carbocycles. The average molecular weight is 531 g/mol. The molecule has 0 aromatic heterocycles. The highest BCUT2D eigenvalue weighted by Gasteiger charge is 2.32. The normalized spacial score (nSPS) is 12.4. The number of carbonyl (C=O) groups is 1. The van der Waals surface area contributed by atoms with Crippen LogP contribution in [0.15, 0.2) is 77.7 Å². The molecule has 5 nitrogen and oxygen atoms in total. The van der Waals surface area contributed by atoms with Gasteiger partial charge in [0.2, 0.25) is 10.0 Å². The van der Waals surface area contributed by atoms with Crippen molar-refractivity contribution in [3.63, 3.8) is 0 Å². The second-order valence-corrected chi connectivity index (χ2v) is 9.44. The van der Waals surface area contributed by atoms with E-state index in [1.165, 1.54) is 29.0 Å². The smallest absolute Gasteiger partial charge is 0.405 e. The van der Waals surface area contributed by atoms with Gasteiger partial charge in [0.1, 0.15) is 18.1 Å². The number of rotatable bonds is 9. The summed E-state index contributed by atoms with van der Waals surface area (Å²) >= 11 is 0. The van der Waals surface area contributed by atoms with Crippen LogP contribution in [0.5, 0.6) is 5.75 Å². The van der Waals surface area contributed by atoms with Crippen molar-refractivity contribution in [2.75, 3.05) is 6.54 Å². The molecule has 192 valence electrons. The molecule has 0 atom stereocenters. The molecule has 0 aliphatic heterocycles. The molecule has 0 aliphatic rings. The number of nitrogens with one attached hydrogen (secondary N) is 1. The Labute approximate surface area is 202 Å². The molecular weight excluding hydrogens is 512 g/mol. The Hall–Kier alpha value is -3.38. The van der Waals surface area contributed by atoms with Gasteiger partial charge in [-0.2, -0.15) is 13.2 Å². The highest BCUT2D eigenvalue weighted by molar-refractivity contribution is 7.89. The van der Waals surface area contributed by atoms with E-state index in [4.69, 9.17) is 0 Å². The van der Waals surface area contributed by atoms with Crippen molar-refractivity contribution in [3.8, 4) is 16.9 Å². The van der Waals surface area contributed by atoms with E-state index in [2.05, 4.69) is 4.74 Å². The third-order valence-corrected chi connectivity index (χ3v) is 6.31. The number of benzene rings is 3. The monoisotopic (exact) mass is 531 g/mol. The van der Waals surface area contributed by atoms with Gasteiger partial charge in [0, 0.05) is 18.4 Å². The Kier molecular flexibility index (Phi) is 8.09. The van der Waals surface area contributed by atoms with Crippen LogP contribution in [0.4, 0.5) is 26.3 Å². The fourth-order valence-corrected chi connectivity index (χ4v) is 4.47. The van der Waals surface area contributed by atoms with E-state index in [1.54, 1.807) is 30.3 Å². The van der Waals surface area contributed by atoms with Gasteiger partial charge in [0.05, 0.1) is 4.90 Å². The minimum Gasteiger partial charge on any atom is -0.405 e. The van der Waals surface area contributed by atoms with Crippen LogP contribution >= 0.6 is 0 Å². The minimum absolute atomic E-state index is 0.0308. The summed E-state index contributed by atoms with van der Waals surface area (Å²) in [6, 6.07) is 17.1. The molecule has 3 rings (SSSR count). The number of halogens is 6. The number of Topliss-reactive ketones (excluding diaryl/α,β-unsaturated/α-hetero) is 1. The third kappa shape index (κ3) is 7.82. The fourth-order valence-electron chi connectivity index (χ4n) is 3.40. The number of ether oxygens (including phenoxy) is 1. The van der Waals surface area contributed by atoms with Crippen LogP contribution in [-0.2, 0) is 27.7 Å². The summed E-state index contributed by atoms with van der Waals surface area (Å²) in [4.78, 5) is 12.4. The molecule has 0 bridgehead atoms. The molecule has 1 N–H and O–H groups in total. The van der Waals surface area contributed by atoms with Crippen LogP contribution in [0.3, 0.4) is 0 Å². The molecule has 0 unspecified atom stereocenters. The van der Waals surface area contributed by atoms with E-state index < -0.39 is 58.4 Å². The van der Waals surface area contributed by atoms with E-state index in [0.29, 0.717) is 11.1 Å². The Morgan fingerprint density at radius 1 is 0.806 bits per heavy atom. The second kappa shape index (κ2) is 10.7. The van der Waals surface area contributed by atoms with Crippen molar-refractivity contribution in [2.45, 2.75) is 30.3 Å². The van der Waals surface area contributed by atoms with Gasteiger partial charge in [-0.05, 0) is 34.9 Å². The Balaban J connectivity index is 1.93. The summed E-state index contributed by atoms with van der Waals surface area (Å²) in [5.41, 5.74) is 1.19. The van der Waals surface area contributed by atoms with Crippen LogP contribution in [0, 0.1) is 0 Å². The fraction of sp³-hybridized carbons (Fsp3) is 0.208. The lowest BCUT2D eigenvalue weighted by Crippen LogP contribution is -2.33. The molecule has 0 aliphatic carbocycles. The van der Waals surface area contributed by atoms with Crippen LogP contribution in [0.2, 0.25) is 0 Å². The lowest BCUT2D eigenvalue weighted by molar-refractivity contribution is -0.274. The highest BCUT2D eigenvalue weighted by atomic mass is 32.2. The first-order chi connectivity index (χ1) is 16.7. The lowest BCUT2D eigenvalue weighted by atomic mass is 9.94. The Bertz CT molecular complexity index is 1320. The first kappa shape index (κ1) is 27.2. The third-order valence-electron chi connectivity index (χ3n) is 4.91. The first-order valence-corrected chi connectivity index (χ1v) is 11.8. The SMILES string of the molecule is O=C(Cc1ccccc1OC(F)(F)F)Cc1cc(S(=O)(=O)NCC(F)(F)F)ccc1-c1ccccc1. The van der Waals surface area contributed by atoms with Gasteiger partial charge in [-0.3, -0.25) is 4.79 Å². The van der Waals surface area contributed by atoms with E-state index in [1.807, 2.05) is 0 Å². The summed E-state index contributed by atoms with van der Waals surface area (Å²) < 4.78 is 106. The van der Waals surface area contributed by atoms with Crippen LogP contribution < -0.4 is 9.46 Å². The molecule has 0 amide bonds. The second-order valence-electron chi connectivity index (χ2n) is 7.67. The number of hydrogen-bond acceptors (Lipinski definition) is 4. The van der Waals surface area contributed by atoms with Gasteiger partial charge in [0.25, 0.3) is 0 Å². The van der Waals surface area contributed by atoms with Crippen molar-refractivity contribution in [1.29, 1.82) is 0 Å². The predicted molar refractivity (Wildman–Crippen MR) is 119 cm³/mol. The van der Waals surface area contributed by atoms with Crippen LogP contribution in [0.25, 0.3) is 11.1 Å². The number of sulfonamides is 1. The van der Waals surface area contributed by atoms with E-state index in [-0.39, 0.29) is 11.1 Å². The summed E-state index contributed by atoms with van der Waals surface area (Å²) in [6.07, 6.45) is -10.6. The van der Waals surface area contributed by atoms with Gasteiger partial charge in [-0.1, -0.05) is 54.6 Å². The number of para-hydroxylation sites is 1. The van der Waals surface area contributed by atoms with Gasteiger partial charge in [-0.25, -0.2) is 13.1 Å². The molecular formula is C24H19F6NO4S. The topological polar surface area (TPSA) is 72.5 Å². The minimum atomic E-state index is -4.97. The van der Waals surface area contributed by atoms with Crippen molar-refractivity contribution >= 4 is 15.8 Å². The first-order valence-electron chi connectivity index (χ1n) is 10.3. The molecule has 36 heavy (non-hydrogen) atoms. The summed E-state index contributed by atoms with van der Waals surface area (Å²) in [5, 5.41) is 0. The van der Waals surface area contributed by atoms with Gasteiger partial charge in [-0.15, -0.1) is 13.2 Å². The number of ketones is 1. The molecule has 0 fully saturated rings. The van der Waals surface area contributed by atoms with Gasteiger partial charge < -0.3 is 4.74 Å². The zero-order valence-electron chi connectivity index (χ0n) is 18.4. The van der Waals surface area contributed by atoms with Gasteiger partial charge in [0.15, 0.2) is 0 Å². The maximum atomic E-state index is 12.9. The van der Waals surface area contributed by atoms with Crippen LogP contribution in [-0.4, -0.2) is 33.3 Å². The van der Waals surface area contributed by atoms with Crippen LogP contribution in [0.1, 0.15) is 11.1 Å². The summed E-state index contributed by atoms with van der Waals surface area (Å²) in [5.74, 6) is -1.11. The van der Waals surface area contributed by atoms with Crippen molar-refractivity contribution in [3.05, 3.63) is 83.9 Å². The average Bonchev–Trinajstić information content (AvgIpc) is 2.78. The summed E-state index contributed by atoms with van der Waals surface area (Å²) in [6.45, 7) is -1.78. The molecule has 3 aromatic rings. The zero-order chi connectivity index (χ0) is 26.6. The standard InChI is InChI=1S/C24H19F6NO4S/c25-23(26,27)15-31-36(33,34)20-10-11-21(16-6-2-1-3-7-16)18(14-20)13-19(32)12-17-8-4-5-9-22(17)35-24(28,29)30/h1-11,14,31H,12-13,15H2. The Morgan fingerprint density at radius 3 is 2.06 bits per heavy atom. The zero-order valence-corrected chi connectivity index (χ0v) is 19.2. The van der Waals surface area contributed by atoms with E-state index in [0.717, 1.165) is 18.2 Å². The van der Waals surface area contributed by atoms with Crippen molar-refractivity contribution in [2.24, 2.45) is 0 Å². The van der Waals surface area contributed by atoms with Crippen molar-refractivity contribution < 1.29 is 44.3 Å². The largest absolute Gasteiger partial charge is 0.573 e. The highest BCUT2D eigenvalue weighted by Crippen LogP contribution is 2.29. The maximum absolute atomic E-state index is 12.9. The molecule has 3 aromatic carbocycles. The predicted octanol–water partition coefficient (Wildman–Crippen LogP) is 5.45. The van der Waals surface area contributed by atoms with Crippen molar-refractivity contribution in [1.82, 2.24) is 4.72 Å². The van der Waals surface area contributed by atoms with Gasteiger partial charge >= 0.3 is 12.5 Å². The molecule has 12 heteroatoms. The molecule has 0 saturated heterocycles. The maximum Gasteiger partial charge on any atom is 0.573 e. The van der Waals surface area contributed by atoms with E-state index >= 15 is 0 Å². The number of hydrogen-bond donors (Lipinski definition) is 1. The number of alkyl halides is 6. The van der Waals surface area contributed by atoms with E-state index in [9.17, 15) is 39.6 Å². The summed E-state index contributed by atoms with van der Waals surface area (Å²) in [7, 11) is -4.56.